The molecule has 2 aromatic carbocycles. The lowest BCUT2D eigenvalue weighted by Gasteiger charge is -2.15. The summed E-state index contributed by atoms with van der Waals surface area (Å²) in [6.45, 7) is 0.682. The Kier molecular flexibility index (Phi) is 5.20. The van der Waals surface area contributed by atoms with Crippen molar-refractivity contribution >= 4 is 55.2 Å². The van der Waals surface area contributed by atoms with E-state index in [0.717, 1.165) is 26.0 Å². The highest BCUT2D eigenvalue weighted by Gasteiger charge is 2.23. The van der Waals surface area contributed by atoms with Crippen LogP contribution in [0.15, 0.2) is 50.2 Å². The molecule has 3 rings (SSSR count). The first-order valence-corrected chi connectivity index (χ1v) is 9.68. The molecule has 0 radical (unpaired) electrons. The summed E-state index contributed by atoms with van der Waals surface area (Å²) in [7, 11) is 0. The van der Waals surface area contributed by atoms with Crippen LogP contribution in [0.25, 0.3) is 0 Å². The van der Waals surface area contributed by atoms with Crippen LogP contribution in [-0.2, 0) is 5.88 Å². The average molecular weight is 449 g/mol. The lowest BCUT2D eigenvalue weighted by Crippen LogP contribution is -2.10. The zero-order valence-electron chi connectivity index (χ0n) is 11.1. The molecule has 1 aliphatic heterocycles. The van der Waals surface area contributed by atoms with Crippen LogP contribution in [0.1, 0.15) is 17.0 Å². The van der Waals surface area contributed by atoms with E-state index >= 15 is 0 Å². The summed E-state index contributed by atoms with van der Waals surface area (Å²) in [6, 6.07) is 12.6. The molecule has 1 unspecified atom stereocenters. The number of alkyl halides is 1. The van der Waals surface area contributed by atoms with E-state index in [1.807, 2.05) is 23.9 Å². The van der Waals surface area contributed by atoms with Gasteiger partial charge in [-0.2, -0.15) is 0 Å². The maximum Gasteiger partial charge on any atom is 0.147 e. The van der Waals surface area contributed by atoms with Crippen molar-refractivity contribution in [2.75, 3.05) is 12.4 Å². The second kappa shape index (κ2) is 6.95. The van der Waals surface area contributed by atoms with E-state index in [2.05, 4.69) is 56.1 Å². The molecule has 21 heavy (non-hydrogen) atoms. The van der Waals surface area contributed by atoms with Crippen molar-refractivity contribution in [3.63, 3.8) is 0 Å². The summed E-state index contributed by atoms with van der Waals surface area (Å²) in [4.78, 5) is 1.38. The summed E-state index contributed by atoms with van der Waals surface area (Å²) in [6.07, 6.45) is 0. The van der Waals surface area contributed by atoms with E-state index in [1.165, 1.54) is 10.5 Å². The second-order valence-corrected chi connectivity index (χ2v) is 7.92. The summed E-state index contributed by atoms with van der Waals surface area (Å²) in [5.74, 6) is 2.86. The third kappa shape index (κ3) is 3.44. The molecule has 0 fully saturated rings. The molecule has 5 heteroatoms. The van der Waals surface area contributed by atoms with Crippen molar-refractivity contribution < 1.29 is 4.74 Å². The number of halogens is 3. The van der Waals surface area contributed by atoms with Crippen LogP contribution in [0.4, 0.5) is 0 Å². The van der Waals surface area contributed by atoms with Crippen LogP contribution in [0.3, 0.4) is 0 Å². The molecule has 0 aliphatic carbocycles. The first-order chi connectivity index (χ1) is 10.2. The van der Waals surface area contributed by atoms with Gasteiger partial charge in [-0.25, -0.2) is 0 Å². The minimum Gasteiger partial charge on any atom is -0.491 e. The van der Waals surface area contributed by atoms with Crippen molar-refractivity contribution in [2.45, 2.75) is 16.7 Å². The molecule has 0 amide bonds. The molecular weight excluding hydrogens is 436 g/mol. The first kappa shape index (κ1) is 15.7. The van der Waals surface area contributed by atoms with Gasteiger partial charge in [-0.05, 0) is 61.2 Å². The zero-order valence-corrected chi connectivity index (χ0v) is 15.9. The van der Waals surface area contributed by atoms with Gasteiger partial charge in [-0.15, -0.1) is 23.4 Å². The fraction of sp³-hybridized carbons (Fsp3) is 0.250. The van der Waals surface area contributed by atoms with E-state index in [-0.39, 0.29) is 0 Å². The van der Waals surface area contributed by atoms with Crippen LogP contribution in [-0.4, -0.2) is 12.4 Å². The Morgan fingerprint density at radius 1 is 1.19 bits per heavy atom. The third-order valence-electron chi connectivity index (χ3n) is 3.44. The molecular formula is C16H13Br2ClOS. The number of ether oxygens (including phenoxy) is 1. The van der Waals surface area contributed by atoms with Crippen molar-refractivity contribution in [3.05, 3.63) is 56.5 Å². The average Bonchev–Trinajstić information content (AvgIpc) is 2.89. The van der Waals surface area contributed by atoms with E-state index in [9.17, 15) is 0 Å². The Bertz CT molecular complexity index is 639. The van der Waals surface area contributed by atoms with Crippen LogP contribution in [0.5, 0.6) is 5.75 Å². The molecule has 1 aliphatic rings. The van der Waals surface area contributed by atoms with Gasteiger partial charge in [0.15, 0.2) is 0 Å². The highest BCUT2D eigenvalue weighted by molar-refractivity contribution is 9.11. The number of hydrogen-bond donors (Lipinski definition) is 0. The standard InChI is InChI=1S/C16H13Br2ClOS/c17-13-5-10(7-19)6-14(18)16(13)20-8-11-9-21-15-4-2-1-3-12(11)15/h1-6,11H,7-9H2. The van der Waals surface area contributed by atoms with Gasteiger partial charge in [0, 0.05) is 22.4 Å². The SMILES string of the molecule is ClCc1cc(Br)c(OCC2CSc3ccccc32)c(Br)c1. The van der Waals surface area contributed by atoms with E-state index in [4.69, 9.17) is 16.3 Å². The Labute approximate surface area is 150 Å². The Balaban J connectivity index is 1.75. The number of hydrogen-bond acceptors (Lipinski definition) is 2. The van der Waals surface area contributed by atoms with Gasteiger partial charge < -0.3 is 4.74 Å². The summed E-state index contributed by atoms with van der Waals surface area (Å²) < 4.78 is 7.93. The Hall–Kier alpha value is -0.160. The van der Waals surface area contributed by atoms with E-state index < -0.39 is 0 Å². The molecule has 1 atom stereocenters. The van der Waals surface area contributed by atoms with Gasteiger partial charge in [-0.3, -0.25) is 0 Å². The molecule has 0 saturated heterocycles. The zero-order chi connectivity index (χ0) is 14.8. The van der Waals surface area contributed by atoms with Crippen molar-refractivity contribution in [1.29, 1.82) is 0 Å². The maximum atomic E-state index is 6.06. The fourth-order valence-electron chi connectivity index (χ4n) is 2.38. The van der Waals surface area contributed by atoms with E-state index in [1.54, 1.807) is 0 Å². The van der Waals surface area contributed by atoms with Gasteiger partial charge in [-0.1, -0.05) is 18.2 Å². The molecule has 1 heterocycles. The highest BCUT2D eigenvalue weighted by Crippen LogP contribution is 2.41. The van der Waals surface area contributed by atoms with Crippen molar-refractivity contribution in [2.24, 2.45) is 0 Å². The second-order valence-electron chi connectivity index (χ2n) is 4.88. The third-order valence-corrected chi connectivity index (χ3v) is 6.18. The van der Waals surface area contributed by atoms with Crippen LogP contribution in [0, 0.1) is 0 Å². The monoisotopic (exact) mass is 446 g/mol. The molecule has 110 valence electrons. The molecule has 0 N–H and O–H groups in total. The summed E-state index contributed by atoms with van der Waals surface area (Å²) in [5, 5.41) is 0. The number of fused-ring (bicyclic) bond motifs is 1. The van der Waals surface area contributed by atoms with Gasteiger partial charge >= 0.3 is 0 Å². The van der Waals surface area contributed by atoms with Crippen molar-refractivity contribution in [1.82, 2.24) is 0 Å². The van der Waals surface area contributed by atoms with E-state index in [0.29, 0.717) is 18.4 Å². The molecule has 0 aromatic heterocycles. The lowest BCUT2D eigenvalue weighted by molar-refractivity contribution is 0.294. The van der Waals surface area contributed by atoms with Gasteiger partial charge in [0.05, 0.1) is 15.6 Å². The molecule has 1 nitrogen and oxygen atoms in total. The lowest BCUT2D eigenvalue weighted by atomic mass is 10.0. The van der Waals surface area contributed by atoms with Crippen LogP contribution >= 0.6 is 55.2 Å². The van der Waals surface area contributed by atoms with Crippen molar-refractivity contribution in [3.8, 4) is 5.75 Å². The number of thioether (sulfide) groups is 1. The molecule has 0 spiro atoms. The predicted octanol–water partition coefficient (Wildman–Crippen LogP) is 6.22. The van der Waals surface area contributed by atoms with Gasteiger partial charge in [0.25, 0.3) is 0 Å². The summed E-state index contributed by atoms with van der Waals surface area (Å²) in [5.41, 5.74) is 2.46. The van der Waals surface area contributed by atoms with Crippen LogP contribution in [0.2, 0.25) is 0 Å². The fourth-order valence-corrected chi connectivity index (χ4v) is 5.28. The highest BCUT2D eigenvalue weighted by atomic mass is 79.9. The molecule has 2 aromatic rings. The Morgan fingerprint density at radius 2 is 1.90 bits per heavy atom. The minimum absolute atomic E-state index is 0.442. The largest absolute Gasteiger partial charge is 0.491 e. The molecule has 0 saturated carbocycles. The number of benzene rings is 2. The number of rotatable bonds is 4. The predicted molar refractivity (Wildman–Crippen MR) is 96.8 cm³/mol. The molecule has 0 bridgehead atoms. The quantitative estimate of drug-likeness (QED) is 0.514. The topological polar surface area (TPSA) is 9.23 Å². The maximum absolute atomic E-state index is 6.06. The minimum atomic E-state index is 0.442. The Morgan fingerprint density at radius 3 is 2.62 bits per heavy atom. The van der Waals surface area contributed by atoms with Crippen LogP contribution < -0.4 is 4.74 Å². The first-order valence-electron chi connectivity index (χ1n) is 6.57. The normalized spacial score (nSPS) is 16.8. The smallest absolute Gasteiger partial charge is 0.147 e. The van der Waals surface area contributed by atoms with Gasteiger partial charge in [0.1, 0.15) is 5.75 Å². The van der Waals surface area contributed by atoms with Gasteiger partial charge in [0.2, 0.25) is 0 Å². The summed E-state index contributed by atoms with van der Waals surface area (Å²) >= 11 is 14.9.